The molecule has 6 heteroatoms. The van der Waals surface area contributed by atoms with E-state index in [1.54, 1.807) is 12.4 Å². The molecule has 0 saturated heterocycles. The summed E-state index contributed by atoms with van der Waals surface area (Å²) in [6, 6.07) is 20.2. The maximum absolute atomic E-state index is 12.9. The minimum absolute atomic E-state index is 0.0338. The predicted molar refractivity (Wildman–Crippen MR) is 126 cm³/mol. The molecule has 2 aromatic carbocycles. The third-order valence-corrected chi connectivity index (χ3v) is 6.85. The molecule has 4 aromatic rings. The van der Waals surface area contributed by atoms with Crippen LogP contribution < -0.4 is 10.6 Å². The van der Waals surface area contributed by atoms with E-state index >= 15 is 0 Å². The maximum Gasteiger partial charge on any atom is 0.269 e. The highest BCUT2D eigenvalue weighted by atomic mass is 16.2. The number of anilines is 1. The van der Waals surface area contributed by atoms with Crippen LogP contribution in [0.4, 0.5) is 5.82 Å². The number of amides is 2. The Kier molecular flexibility index (Phi) is 4.47. The molecule has 3 heterocycles. The van der Waals surface area contributed by atoms with Crippen LogP contribution in [-0.4, -0.2) is 28.3 Å². The van der Waals surface area contributed by atoms with E-state index in [1.807, 2.05) is 36.4 Å². The summed E-state index contributed by atoms with van der Waals surface area (Å²) in [5.41, 5.74) is 3.86. The third-order valence-electron chi connectivity index (χ3n) is 6.85. The van der Waals surface area contributed by atoms with Crippen LogP contribution in [-0.2, 0) is 29.5 Å². The zero-order valence-electron chi connectivity index (χ0n) is 18.0. The highest BCUT2D eigenvalue weighted by Crippen LogP contribution is 2.46. The van der Waals surface area contributed by atoms with E-state index < -0.39 is 5.41 Å². The van der Waals surface area contributed by atoms with Crippen LogP contribution in [0, 0.1) is 0 Å². The summed E-state index contributed by atoms with van der Waals surface area (Å²) in [6.07, 6.45) is 5.29. The molecule has 1 atom stereocenters. The molecule has 1 unspecified atom stereocenters. The Morgan fingerprint density at radius 2 is 1.85 bits per heavy atom. The first kappa shape index (κ1) is 19.6. The smallest absolute Gasteiger partial charge is 0.269 e. The molecule has 6 nitrogen and oxygen atoms in total. The molecule has 33 heavy (non-hydrogen) atoms. The summed E-state index contributed by atoms with van der Waals surface area (Å²) in [5, 5.41) is 8.31. The lowest BCUT2D eigenvalue weighted by Gasteiger charge is -2.20. The van der Waals surface area contributed by atoms with E-state index in [4.69, 9.17) is 0 Å². The molecule has 0 bridgehead atoms. The molecule has 2 amide bonds. The first-order valence-corrected chi connectivity index (χ1v) is 11.1. The van der Waals surface area contributed by atoms with Gasteiger partial charge in [-0.05, 0) is 58.9 Å². The Morgan fingerprint density at radius 3 is 2.79 bits per heavy atom. The van der Waals surface area contributed by atoms with Gasteiger partial charge in [0.15, 0.2) is 0 Å². The minimum Gasteiger partial charge on any atom is -0.350 e. The van der Waals surface area contributed by atoms with Gasteiger partial charge in [-0.15, -0.1) is 0 Å². The van der Waals surface area contributed by atoms with Crippen LogP contribution in [0.2, 0.25) is 0 Å². The number of rotatable bonds is 4. The van der Waals surface area contributed by atoms with E-state index in [9.17, 15) is 9.59 Å². The molecule has 162 valence electrons. The van der Waals surface area contributed by atoms with Crippen LogP contribution in [0.1, 0.15) is 32.7 Å². The number of fused-ring (bicyclic) bond motifs is 4. The first-order valence-electron chi connectivity index (χ1n) is 11.1. The quantitative estimate of drug-likeness (QED) is 0.514. The molecule has 2 aromatic heterocycles. The fourth-order valence-electron chi connectivity index (χ4n) is 5.19. The van der Waals surface area contributed by atoms with Crippen molar-refractivity contribution in [1.29, 1.82) is 0 Å². The molecule has 0 saturated carbocycles. The van der Waals surface area contributed by atoms with Crippen molar-refractivity contribution in [1.82, 2.24) is 15.3 Å². The topological polar surface area (TPSA) is 84.0 Å². The van der Waals surface area contributed by atoms with Gasteiger partial charge in [0, 0.05) is 24.5 Å². The molecule has 0 fully saturated rings. The molecular formula is C27H22N4O2. The fraction of sp³-hybridized carbons (Fsp3) is 0.185. The Balaban J connectivity index is 1.17. The number of benzene rings is 2. The largest absolute Gasteiger partial charge is 0.350 e. The van der Waals surface area contributed by atoms with Crippen molar-refractivity contribution in [3.63, 3.8) is 0 Å². The maximum atomic E-state index is 12.9. The second-order valence-electron chi connectivity index (χ2n) is 8.77. The molecule has 1 spiro atoms. The number of carbonyl (C=O) groups excluding carboxylic acids is 2. The lowest BCUT2D eigenvalue weighted by molar-refractivity contribution is -0.120. The van der Waals surface area contributed by atoms with Gasteiger partial charge in [-0.1, -0.05) is 48.5 Å². The van der Waals surface area contributed by atoms with Gasteiger partial charge in [-0.3, -0.25) is 14.6 Å². The average Bonchev–Trinajstić information content (AvgIpc) is 3.36. The Morgan fingerprint density at radius 1 is 1.00 bits per heavy atom. The SMILES string of the molecule is O=C(NCCc1cccc2ccccc12)c1cc2c(cn1)CC1(C2)C(=O)Nc2ncccc21. The highest BCUT2D eigenvalue weighted by molar-refractivity contribution is 6.06. The second-order valence-corrected chi connectivity index (χ2v) is 8.77. The highest BCUT2D eigenvalue weighted by Gasteiger charge is 2.51. The van der Waals surface area contributed by atoms with Crippen LogP contribution in [0.15, 0.2) is 73.1 Å². The van der Waals surface area contributed by atoms with Crippen LogP contribution in [0.25, 0.3) is 10.8 Å². The van der Waals surface area contributed by atoms with Crippen LogP contribution in [0.3, 0.4) is 0 Å². The lowest BCUT2D eigenvalue weighted by Crippen LogP contribution is -2.35. The summed E-state index contributed by atoms with van der Waals surface area (Å²) >= 11 is 0. The van der Waals surface area contributed by atoms with Crippen molar-refractivity contribution in [3.8, 4) is 0 Å². The predicted octanol–water partition coefficient (Wildman–Crippen LogP) is 3.59. The van der Waals surface area contributed by atoms with Gasteiger partial charge in [0.1, 0.15) is 11.5 Å². The van der Waals surface area contributed by atoms with E-state index in [0.29, 0.717) is 30.9 Å². The Hall–Kier alpha value is -4.06. The first-order chi connectivity index (χ1) is 16.1. The summed E-state index contributed by atoms with van der Waals surface area (Å²) < 4.78 is 0. The van der Waals surface area contributed by atoms with E-state index in [1.165, 1.54) is 16.3 Å². The van der Waals surface area contributed by atoms with E-state index in [-0.39, 0.29) is 11.8 Å². The van der Waals surface area contributed by atoms with Gasteiger partial charge in [-0.25, -0.2) is 4.98 Å². The van der Waals surface area contributed by atoms with Gasteiger partial charge in [0.2, 0.25) is 5.91 Å². The molecule has 6 rings (SSSR count). The summed E-state index contributed by atoms with van der Waals surface area (Å²) in [7, 11) is 0. The van der Waals surface area contributed by atoms with Gasteiger partial charge in [0.25, 0.3) is 5.91 Å². The lowest BCUT2D eigenvalue weighted by atomic mass is 9.79. The number of nitrogens with one attached hydrogen (secondary N) is 2. The van der Waals surface area contributed by atoms with Crippen LogP contribution >= 0.6 is 0 Å². The monoisotopic (exact) mass is 434 g/mol. The number of hydrogen-bond acceptors (Lipinski definition) is 4. The molecule has 2 aliphatic rings. The molecular weight excluding hydrogens is 412 g/mol. The van der Waals surface area contributed by atoms with Gasteiger partial charge >= 0.3 is 0 Å². The zero-order chi connectivity index (χ0) is 22.4. The number of pyridine rings is 2. The van der Waals surface area contributed by atoms with Gasteiger partial charge in [0.05, 0.1) is 5.41 Å². The average molecular weight is 434 g/mol. The van der Waals surface area contributed by atoms with Gasteiger partial charge in [-0.2, -0.15) is 0 Å². The minimum atomic E-state index is -0.656. The van der Waals surface area contributed by atoms with Crippen molar-refractivity contribution in [2.24, 2.45) is 0 Å². The molecule has 1 aliphatic carbocycles. The molecule has 0 radical (unpaired) electrons. The number of aromatic nitrogens is 2. The summed E-state index contributed by atoms with van der Waals surface area (Å²) in [6.45, 7) is 0.525. The number of nitrogens with zero attached hydrogens (tertiary/aromatic N) is 2. The van der Waals surface area contributed by atoms with Crippen molar-refractivity contribution < 1.29 is 9.59 Å². The fourth-order valence-corrected chi connectivity index (χ4v) is 5.19. The van der Waals surface area contributed by atoms with E-state index in [0.717, 1.165) is 23.1 Å². The number of carbonyl (C=O) groups is 2. The Bertz CT molecular complexity index is 1430. The van der Waals surface area contributed by atoms with Crippen LogP contribution in [0.5, 0.6) is 0 Å². The summed E-state index contributed by atoms with van der Waals surface area (Å²) in [4.78, 5) is 34.4. The second kappa shape index (κ2) is 7.52. The Labute approximate surface area is 191 Å². The molecule has 2 N–H and O–H groups in total. The zero-order valence-corrected chi connectivity index (χ0v) is 18.0. The van der Waals surface area contributed by atoms with E-state index in [2.05, 4.69) is 44.9 Å². The van der Waals surface area contributed by atoms with Crippen molar-refractivity contribution in [2.45, 2.75) is 24.7 Å². The third kappa shape index (κ3) is 3.18. The van der Waals surface area contributed by atoms with Crippen molar-refractivity contribution in [2.75, 3.05) is 11.9 Å². The molecule has 1 aliphatic heterocycles. The van der Waals surface area contributed by atoms with Crippen molar-refractivity contribution >= 4 is 28.4 Å². The summed E-state index contributed by atoms with van der Waals surface area (Å²) in [5.74, 6) is 0.403. The van der Waals surface area contributed by atoms with Crippen molar-refractivity contribution in [3.05, 3.63) is 101 Å². The standard InChI is InChI=1S/C27H22N4O2/c32-25(29-12-10-18-7-3-6-17-5-1-2-8-21(17)18)23-13-19-14-27(15-20(19)16-30-23)22-9-4-11-28-24(22)31-26(27)33/h1-9,11,13,16H,10,12,14-15H2,(H,29,32)(H,28,31,33). The normalized spacial score (nSPS) is 18.2. The van der Waals surface area contributed by atoms with Gasteiger partial charge < -0.3 is 10.6 Å². The number of hydrogen-bond donors (Lipinski definition) is 2.